The smallest absolute Gasteiger partial charge is 0.237 e. The first-order valence-corrected chi connectivity index (χ1v) is 6.22. The first-order chi connectivity index (χ1) is 7.40. The van der Waals surface area contributed by atoms with Crippen molar-refractivity contribution < 1.29 is 4.79 Å². The van der Waals surface area contributed by atoms with Crippen molar-refractivity contribution in [2.45, 2.75) is 58.5 Å². The van der Waals surface area contributed by atoms with Gasteiger partial charge in [-0.3, -0.25) is 4.79 Å². The fraction of sp³-hybridized carbons (Fsp3) is 0.917. The summed E-state index contributed by atoms with van der Waals surface area (Å²) in [5, 5.41) is 2.85. The van der Waals surface area contributed by atoms with Crippen LogP contribution in [0, 0.1) is 5.92 Å². The van der Waals surface area contributed by atoms with E-state index in [1.54, 1.807) is 0 Å². The molecule has 16 heavy (non-hydrogen) atoms. The number of hydrogen-bond donors (Lipinski definition) is 3. The Balaban J connectivity index is 4.16. The summed E-state index contributed by atoms with van der Waals surface area (Å²) in [7, 11) is 0. The molecule has 0 heterocycles. The van der Waals surface area contributed by atoms with Gasteiger partial charge >= 0.3 is 0 Å². The van der Waals surface area contributed by atoms with E-state index in [0.717, 1.165) is 19.3 Å². The van der Waals surface area contributed by atoms with Crippen molar-refractivity contribution in [3.8, 4) is 0 Å². The first kappa shape index (κ1) is 15.4. The van der Waals surface area contributed by atoms with E-state index in [0.29, 0.717) is 6.54 Å². The van der Waals surface area contributed by atoms with E-state index in [-0.39, 0.29) is 17.4 Å². The van der Waals surface area contributed by atoms with Gasteiger partial charge in [-0.05, 0) is 18.8 Å². The first-order valence-electron chi connectivity index (χ1n) is 6.22. The lowest BCUT2D eigenvalue weighted by molar-refractivity contribution is -0.123. The summed E-state index contributed by atoms with van der Waals surface area (Å²) in [6, 6.07) is -0.428. The SMILES string of the molecule is CCC(C)C(N)C(=O)NCC(N)(CC)CC. The number of nitrogens with one attached hydrogen (secondary N) is 1. The number of hydrogen-bond acceptors (Lipinski definition) is 3. The monoisotopic (exact) mass is 229 g/mol. The fourth-order valence-electron chi connectivity index (χ4n) is 1.39. The van der Waals surface area contributed by atoms with Gasteiger partial charge in [0.05, 0.1) is 6.04 Å². The molecule has 0 aromatic carbocycles. The van der Waals surface area contributed by atoms with Crippen LogP contribution in [0.3, 0.4) is 0 Å². The topological polar surface area (TPSA) is 81.1 Å². The molecule has 0 aromatic rings. The molecule has 0 aliphatic heterocycles. The van der Waals surface area contributed by atoms with Crippen LogP contribution in [0.5, 0.6) is 0 Å². The second kappa shape index (κ2) is 6.86. The molecule has 5 N–H and O–H groups in total. The highest BCUT2D eigenvalue weighted by molar-refractivity contribution is 5.81. The lowest BCUT2D eigenvalue weighted by Crippen LogP contribution is -2.53. The molecule has 0 aliphatic carbocycles. The third-order valence-electron chi connectivity index (χ3n) is 3.58. The maximum Gasteiger partial charge on any atom is 0.237 e. The fourth-order valence-corrected chi connectivity index (χ4v) is 1.39. The summed E-state index contributed by atoms with van der Waals surface area (Å²) < 4.78 is 0. The highest BCUT2D eigenvalue weighted by Crippen LogP contribution is 2.10. The standard InChI is InChI=1S/C12H27N3O/c1-5-9(4)10(13)11(16)15-8-12(14,6-2)7-3/h9-10H,5-8,13-14H2,1-4H3,(H,15,16). The van der Waals surface area contributed by atoms with Crippen LogP contribution in [0.25, 0.3) is 0 Å². The Labute approximate surface area is 99.1 Å². The van der Waals surface area contributed by atoms with Crippen molar-refractivity contribution in [2.24, 2.45) is 17.4 Å². The van der Waals surface area contributed by atoms with E-state index in [4.69, 9.17) is 11.5 Å². The molecule has 0 saturated heterocycles. The van der Waals surface area contributed by atoms with Crippen LogP contribution in [-0.4, -0.2) is 24.0 Å². The minimum absolute atomic E-state index is 0.0916. The average molecular weight is 229 g/mol. The van der Waals surface area contributed by atoms with Crippen LogP contribution >= 0.6 is 0 Å². The highest BCUT2D eigenvalue weighted by atomic mass is 16.2. The zero-order valence-electron chi connectivity index (χ0n) is 11.0. The van der Waals surface area contributed by atoms with Gasteiger partial charge in [-0.2, -0.15) is 0 Å². The molecule has 0 aromatic heterocycles. The predicted octanol–water partition coefficient (Wildman–Crippen LogP) is 0.994. The van der Waals surface area contributed by atoms with Crippen LogP contribution in [0.15, 0.2) is 0 Å². The molecule has 0 spiro atoms. The third-order valence-corrected chi connectivity index (χ3v) is 3.58. The molecule has 0 fully saturated rings. The summed E-state index contributed by atoms with van der Waals surface area (Å²) in [4.78, 5) is 11.7. The summed E-state index contributed by atoms with van der Waals surface area (Å²) in [5.74, 6) is 0.113. The second-order valence-corrected chi connectivity index (χ2v) is 4.70. The van der Waals surface area contributed by atoms with Gasteiger partial charge in [0, 0.05) is 12.1 Å². The zero-order chi connectivity index (χ0) is 12.8. The molecule has 4 heteroatoms. The molecule has 4 nitrogen and oxygen atoms in total. The lowest BCUT2D eigenvalue weighted by atomic mass is 9.93. The zero-order valence-corrected chi connectivity index (χ0v) is 11.0. The van der Waals surface area contributed by atoms with Crippen LogP contribution in [0.4, 0.5) is 0 Å². The normalized spacial score (nSPS) is 15.6. The molecule has 0 aliphatic rings. The Hall–Kier alpha value is -0.610. The maximum atomic E-state index is 11.7. The number of carbonyl (C=O) groups is 1. The van der Waals surface area contributed by atoms with E-state index in [1.807, 2.05) is 27.7 Å². The molecule has 0 saturated carbocycles. The van der Waals surface area contributed by atoms with Crippen molar-refractivity contribution in [1.82, 2.24) is 5.32 Å². The summed E-state index contributed by atoms with van der Waals surface area (Å²) in [6.07, 6.45) is 2.61. The largest absolute Gasteiger partial charge is 0.353 e. The minimum Gasteiger partial charge on any atom is -0.353 e. The lowest BCUT2D eigenvalue weighted by Gasteiger charge is -2.28. The number of carbonyl (C=O) groups excluding carboxylic acids is 1. The molecular formula is C12H27N3O. The Kier molecular flexibility index (Phi) is 6.60. The van der Waals surface area contributed by atoms with Gasteiger partial charge in [0.25, 0.3) is 0 Å². The van der Waals surface area contributed by atoms with Crippen molar-refractivity contribution in [3.63, 3.8) is 0 Å². The van der Waals surface area contributed by atoms with E-state index in [9.17, 15) is 4.79 Å². The second-order valence-electron chi connectivity index (χ2n) is 4.70. The average Bonchev–Trinajstić information content (AvgIpc) is 2.33. The highest BCUT2D eigenvalue weighted by Gasteiger charge is 2.24. The Bertz CT molecular complexity index is 214. The molecular weight excluding hydrogens is 202 g/mol. The van der Waals surface area contributed by atoms with Gasteiger partial charge < -0.3 is 16.8 Å². The number of amides is 1. The molecule has 96 valence electrons. The molecule has 0 bridgehead atoms. The van der Waals surface area contributed by atoms with Crippen LogP contribution in [-0.2, 0) is 4.79 Å². The Morgan fingerprint density at radius 2 is 1.81 bits per heavy atom. The Morgan fingerprint density at radius 1 is 1.31 bits per heavy atom. The van der Waals surface area contributed by atoms with Crippen LogP contribution in [0.2, 0.25) is 0 Å². The molecule has 1 amide bonds. The van der Waals surface area contributed by atoms with Gasteiger partial charge in [-0.15, -0.1) is 0 Å². The molecule has 2 atom stereocenters. The summed E-state index contributed by atoms with van der Waals surface area (Å²) >= 11 is 0. The number of rotatable bonds is 7. The van der Waals surface area contributed by atoms with E-state index < -0.39 is 6.04 Å². The third kappa shape index (κ3) is 4.49. The molecule has 0 radical (unpaired) electrons. The van der Waals surface area contributed by atoms with Gasteiger partial charge in [0.1, 0.15) is 0 Å². The summed E-state index contributed by atoms with van der Waals surface area (Å²) in [5.41, 5.74) is 11.6. The minimum atomic E-state index is -0.428. The summed E-state index contributed by atoms with van der Waals surface area (Å²) in [6.45, 7) is 8.58. The van der Waals surface area contributed by atoms with Gasteiger partial charge in [-0.25, -0.2) is 0 Å². The Morgan fingerprint density at radius 3 is 2.19 bits per heavy atom. The van der Waals surface area contributed by atoms with Crippen molar-refractivity contribution in [2.75, 3.05) is 6.54 Å². The van der Waals surface area contributed by atoms with Crippen LogP contribution in [0.1, 0.15) is 47.0 Å². The van der Waals surface area contributed by atoms with Crippen LogP contribution < -0.4 is 16.8 Å². The molecule has 2 unspecified atom stereocenters. The van der Waals surface area contributed by atoms with E-state index in [1.165, 1.54) is 0 Å². The van der Waals surface area contributed by atoms with Crippen molar-refractivity contribution >= 4 is 5.91 Å². The molecule has 0 rings (SSSR count). The number of nitrogens with two attached hydrogens (primary N) is 2. The van der Waals surface area contributed by atoms with E-state index in [2.05, 4.69) is 5.32 Å². The quantitative estimate of drug-likeness (QED) is 0.609. The predicted molar refractivity (Wildman–Crippen MR) is 67.9 cm³/mol. The van der Waals surface area contributed by atoms with Gasteiger partial charge in [0.2, 0.25) is 5.91 Å². The maximum absolute atomic E-state index is 11.7. The van der Waals surface area contributed by atoms with Gasteiger partial charge in [-0.1, -0.05) is 34.1 Å². The van der Waals surface area contributed by atoms with Gasteiger partial charge in [0.15, 0.2) is 0 Å². The van der Waals surface area contributed by atoms with Crippen molar-refractivity contribution in [1.29, 1.82) is 0 Å². The van der Waals surface area contributed by atoms with E-state index >= 15 is 0 Å². The van der Waals surface area contributed by atoms with Crippen molar-refractivity contribution in [3.05, 3.63) is 0 Å².